The Morgan fingerprint density at radius 1 is 0.305 bits per heavy atom. The van der Waals surface area contributed by atoms with Gasteiger partial charge in [-0.1, -0.05) is 165 Å². The van der Waals surface area contributed by atoms with Gasteiger partial charge < -0.3 is 21.3 Å². The molecule has 4 aliphatic rings. The van der Waals surface area contributed by atoms with Crippen molar-refractivity contribution < 1.29 is 67.5 Å². The van der Waals surface area contributed by atoms with Crippen LogP contribution in [0.15, 0.2) is 195 Å². The van der Waals surface area contributed by atoms with Gasteiger partial charge in [-0.25, -0.2) is 88.2 Å². The molecule has 0 spiro atoms. The highest BCUT2D eigenvalue weighted by atomic mass is 127. The van der Waals surface area contributed by atoms with Gasteiger partial charge >= 0.3 is 0 Å². The van der Waals surface area contributed by atoms with Gasteiger partial charge in [0.1, 0.15) is 23.3 Å². The van der Waals surface area contributed by atoms with Crippen LogP contribution < -0.4 is 21.3 Å². The van der Waals surface area contributed by atoms with Gasteiger partial charge in [0, 0.05) is 37.0 Å². The predicted octanol–water partition coefficient (Wildman–Crippen LogP) is 25.6. The number of benzene rings is 8. The van der Waals surface area contributed by atoms with Gasteiger partial charge in [0.05, 0.1) is 89.6 Å². The van der Waals surface area contributed by atoms with Gasteiger partial charge in [-0.05, 0) is 242 Å². The van der Waals surface area contributed by atoms with Crippen molar-refractivity contribution in [3.05, 3.63) is 307 Å². The molecule has 0 unspecified atom stereocenters. The van der Waals surface area contributed by atoms with Crippen LogP contribution in [0.3, 0.4) is 0 Å². The van der Waals surface area contributed by atoms with Crippen molar-refractivity contribution in [3.63, 3.8) is 0 Å². The molecule has 28 heteroatoms. The second-order valence-electron chi connectivity index (χ2n) is 33.8. The van der Waals surface area contributed by atoms with Crippen molar-refractivity contribution >= 4 is 69.5 Å². The Morgan fingerprint density at radius 3 is 0.916 bits per heavy atom. The summed E-state index contributed by atoms with van der Waals surface area (Å²) >= 11 is 2.25. The molecule has 0 radical (unpaired) electrons. The number of nitrogens with zero attached hydrogens (tertiary/aromatic N) is 8. The standard InChI is InChI=1S/C26H23F6N3O.C26H26F3N3O.C26H27FIN3O.C25H26FN3O/c27-16-9-7-15(8-10-16)19-13-33-26(18(34-19)11-6-14-4-2-1-3-5-14)35-20(36)12-17-21(28)23(30)25(32)24(31)22(17)29;27-20-10-8-19(9-11-20)24-16-30-26(23(31-24)13-7-17-4-2-1-3-5-17)32-25(33)15-18-6-12-21(28)22(29)14-18;27-21-11-9-20(10-12-21)24-17-29-26(23(30-24)15-8-18-4-2-1-3-5-18)31-25(32)16-19-6-13-22(28)14-7-19;26-21-14-12-19(13-15-21)23-17-27-24(29-25(30)20-9-5-2-6-10-20)22(28-23)16-11-18-7-3-1-4-8-18/h7-10,13-14H,1-6,11-12H2,(H,33,35,36);6,8-12,14,16-17H,1-5,7,13,15H2,(H,30,32,33);6-7,9-14,17-18H,1-5,8,15-16H2,(H,29,31,32);2,5-6,9-10,12-15,17-18H,1,3-4,7-8,11,16H2,(H,27,29,30). The number of nitrogens with one attached hydrogen (secondary N) is 4. The summed E-state index contributed by atoms with van der Waals surface area (Å²) in [7, 11) is 0. The number of carbonyl (C=O) groups is 4. The first kappa shape index (κ1) is 96.5. The van der Waals surface area contributed by atoms with Crippen LogP contribution in [-0.2, 0) is 59.3 Å². The van der Waals surface area contributed by atoms with E-state index in [9.17, 15) is 67.5 Å². The molecule has 4 N–H and O–H groups in total. The minimum absolute atomic E-state index is 0.0329. The summed E-state index contributed by atoms with van der Waals surface area (Å²) in [4.78, 5) is 87.2. The van der Waals surface area contributed by atoms with E-state index in [1.807, 2.05) is 42.5 Å². The zero-order valence-electron chi connectivity index (χ0n) is 72.5. The van der Waals surface area contributed by atoms with Crippen LogP contribution in [0.1, 0.15) is 204 Å². The normalized spacial score (nSPS) is 14.3. The molecular weight excluding hydrogens is 1810 g/mol. The van der Waals surface area contributed by atoms with Crippen molar-refractivity contribution in [2.45, 2.75) is 199 Å². The summed E-state index contributed by atoms with van der Waals surface area (Å²) in [5.41, 5.74) is 8.72. The van der Waals surface area contributed by atoms with E-state index >= 15 is 0 Å². The quantitative estimate of drug-likeness (QED) is 0.0164. The molecule has 4 heterocycles. The second-order valence-corrected chi connectivity index (χ2v) is 35.1. The molecule has 8 aromatic carbocycles. The maximum atomic E-state index is 14.0. The monoisotopic (exact) mass is 1910 g/mol. The van der Waals surface area contributed by atoms with Crippen LogP contribution in [-0.4, -0.2) is 63.5 Å². The summed E-state index contributed by atoms with van der Waals surface area (Å²) < 4.78 is 149. The van der Waals surface area contributed by atoms with E-state index < -0.39 is 64.4 Å². The summed E-state index contributed by atoms with van der Waals surface area (Å²) in [6.45, 7) is 0. The number of rotatable bonds is 27. The van der Waals surface area contributed by atoms with E-state index in [-0.39, 0.29) is 47.4 Å². The fourth-order valence-electron chi connectivity index (χ4n) is 17.0. The Bertz CT molecular complexity index is 5800. The molecular formula is C103H102F11IN12O4. The third-order valence-corrected chi connectivity index (χ3v) is 25.0. The van der Waals surface area contributed by atoms with Crippen LogP contribution in [0, 0.1) is 91.2 Å². The smallest absolute Gasteiger partial charge is 0.256 e. The fourth-order valence-corrected chi connectivity index (χ4v) is 17.4. The minimum Gasteiger partial charge on any atom is -0.309 e. The van der Waals surface area contributed by atoms with Crippen LogP contribution in [0.4, 0.5) is 71.6 Å². The third kappa shape index (κ3) is 28.7. The zero-order valence-corrected chi connectivity index (χ0v) is 74.6. The van der Waals surface area contributed by atoms with Gasteiger partial charge in [-0.2, -0.15) is 0 Å². The predicted molar refractivity (Wildman–Crippen MR) is 492 cm³/mol. The average Bonchev–Trinajstić information content (AvgIpc) is 0.811. The molecule has 682 valence electrons. The van der Waals surface area contributed by atoms with Crippen LogP contribution in [0.5, 0.6) is 0 Å². The van der Waals surface area contributed by atoms with Gasteiger partial charge in [0.15, 0.2) is 58.2 Å². The Balaban J connectivity index is 0.000000149. The van der Waals surface area contributed by atoms with E-state index in [0.29, 0.717) is 111 Å². The molecule has 0 bridgehead atoms. The summed E-state index contributed by atoms with van der Waals surface area (Å²) in [6.07, 6.45) is 36.4. The minimum atomic E-state index is -2.29. The van der Waals surface area contributed by atoms with Gasteiger partial charge in [0.2, 0.25) is 23.5 Å². The highest BCUT2D eigenvalue weighted by molar-refractivity contribution is 14.1. The van der Waals surface area contributed by atoms with Crippen molar-refractivity contribution in [2.75, 3.05) is 21.3 Å². The van der Waals surface area contributed by atoms with E-state index in [2.05, 4.69) is 68.8 Å². The molecule has 0 atom stereocenters. The lowest BCUT2D eigenvalue weighted by Gasteiger charge is -2.21. The van der Waals surface area contributed by atoms with E-state index in [1.54, 1.807) is 67.1 Å². The summed E-state index contributed by atoms with van der Waals surface area (Å²) in [5, 5.41) is 11.1. The van der Waals surface area contributed by atoms with Crippen molar-refractivity contribution in [1.82, 2.24) is 39.9 Å². The van der Waals surface area contributed by atoms with Gasteiger partial charge in [-0.3, -0.25) is 19.2 Å². The molecule has 4 amide bonds. The second kappa shape index (κ2) is 48.2. The average molecular weight is 1910 g/mol. The number of aryl methyl sites for hydroxylation is 4. The zero-order chi connectivity index (χ0) is 92.1. The largest absolute Gasteiger partial charge is 0.309 e. The first-order valence-corrected chi connectivity index (χ1v) is 46.0. The molecule has 16 rings (SSSR count). The SMILES string of the molecule is O=C(Cc1c(F)c(F)c(F)c(F)c1F)Nc1ncc(-c2ccc(F)cc2)nc1CCC1CCCCC1.O=C(Cc1ccc(F)c(F)c1)Nc1ncc(-c2ccc(F)cc2)nc1CCC1CCCCC1.O=C(Cc1ccc(I)cc1)Nc1ncc(-c2ccc(F)cc2)nc1CCC1CCCCC1.O=C(Nc1ncc(-c2ccc(F)cc2)nc1CCC1CCCCC1)c1ccccc1. The fraction of sp³-hybridized carbons (Fsp3) is 0.340. The molecule has 0 saturated heterocycles. The highest BCUT2D eigenvalue weighted by Crippen LogP contribution is 2.36. The Morgan fingerprint density at radius 2 is 0.595 bits per heavy atom. The van der Waals surface area contributed by atoms with E-state index in [1.165, 1.54) is 176 Å². The first-order valence-electron chi connectivity index (χ1n) is 44.9. The van der Waals surface area contributed by atoms with E-state index in [0.717, 1.165) is 114 Å². The summed E-state index contributed by atoms with van der Waals surface area (Å²) in [6, 6.07) is 44.6. The molecule has 16 nitrogen and oxygen atoms in total. The van der Waals surface area contributed by atoms with Crippen molar-refractivity contribution in [1.29, 1.82) is 0 Å². The Hall–Kier alpha value is -12.1. The highest BCUT2D eigenvalue weighted by Gasteiger charge is 2.29. The number of aromatic nitrogens is 8. The number of halogens is 12. The molecule has 4 aliphatic carbocycles. The Kier molecular flexibility index (Phi) is 35.5. The molecule has 0 aliphatic heterocycles. The Labute approximate surface area is 768 Å². The lowest BCUT2D eigenvalue weighted by molar-refractivity contribution is -0.116. The van der Waals surface area contributed by atoms with E-state index in [4.69, 9.17) is 15.0 Å². The molecule has 4 fully saturated rings. The third-order valence-electron chi connectivity index (χ3n) is 24.3. The van der Waals surface area contributed by atoms with Gasteiger partial charge in [0.25, 0.3) is 5.91 Å². The van der Waals surface area contributed by atoms with Crippen LogP contribution in [0.2, 0.25) is 0 Å². The number of amides is 4. The molecule has 4 aromatic heterocycles. The summed E-state index contributed by atoms with van der Waals surface area (Å²) in [5.74, 6) is -11.6. The number of carbonyl (C=O) groups excluding carboxylic acids is 4. The number of hydrogen-bond acceptors (Lipinski definition) is 12. The molecule has 12 aromatic rings. The van der Waals surface area contributed by atoms with Crippen LogP contribution >= 0.6 is 22.6 Å². The van der Waals surface area contributed by atoms with Crippen molar-refractivity contribution in [2.24, 2.45) is 23.7 Å². The van der Waals surface area contributed by atoms with Gasteiger partial charge in [-0.15, -0.1) is 0 Å². The van der Waals surface area contributed by atoms with Crippen molar-refractivity contribution in [3.8, 4) is 45.0 Å². The molecule has 4 saturated carbocycles. The molecule has 131 heavy (non-hydrogen) atoms. The maximum Gasteiger partial charge on any atom is 0.256 e. The first-order chi connectivity index (χ1) is 63.5. The maximum absolute atomic E-state index is 14.0. The topological polar surface area (TPSA) is 220 Å². The number of anilines is 4. The lowest BCUT2D eigenvalue weighted by atomic mass is 9.86. The van der Waals surface area contributed by atoms with Crippen LogP contribution in [0.25, 0.3) is 45.0 Å². The lowest BCUT2D eigenvalue weighted by Crippen LogP contribution is -2.20. The number of hydrogen-bond donors (Lipinski definition) is 4.